The summed E-state index contributed by atoms with van der Waals surface area (Å²) in [5, 5.41) is 3.50. The van der Waals surface area contributed by atoms with Gasteiger partial charge in [-0.15, -0.1) is 0 Å². The summed E-state index contributed by atoms with van der Waals surface area (Å²) in [5.74, 6) is 1.62. The maximum absolute atomic E-state index is 6.33. The number of methoxy groups -OCH3 is 1. The monoisotopic (exact) mass is 347 g/mol. The summed E-state index contributed by atoms with van der Waals surface area (Å²) >= 11 is 0. The molecule has 3 heteroatoms. The Morgan fingerprint density at radius 3 is 2.46 bits per heavy atom. The Morgan fingerprint density at radius 1 is 1.04 bits per heavy atom. The van der Waals surface area contributed by atoms with E-state index in [1.165, 1.54) is 28.0 Å². The molecule has 0 aliphatic heterocycles. The van der Waals surface area contributed by atoms with Crippen molar-refractivity contribution in [3.63, 3.8) is 0 Å². The summed E-state index contributed by atoms with van der Waals surface area (Å²) in [7, 11) is 1.69. The fourth-order valence-corrected chi connectivity index (χ4v) is 3.75. The Kier molecular flexibility index (Phi) is 4.70. The molecule has 2 aromatic carbocycles. The molecule has 2 aliphatic rings. The Balaban J connectivity index is 1.45. The molecule has 0 aromatic heterocycles. The standard InChI is InChI=1S/C23H25NO2/c1-16-7-9-20(11-16)24-15-17-8-10-22(25-2)23(12-17)26-21-13-18-5-3-4-6-19(18)14-21/h3-6,8,10-12,21,24H,1,7,9,13-15H2,2H3. The predicted octanol–water partition coefficient (Wildman–Crippen LogP) is 4.56. The summed E-state index contributed by atoms with van der Waals surface area (Å²) in [6.07, 6.45) is 6.34. The molecule has 3 nitrogen and oxygen atoms in total. The molecule has 26 heavy (non-hydrogen) atoms. The molecule has 0 fully saturated rings. The number of hydrogen-bond acceptors (Lipinski definition) is 3. The third-order valence-corrected chi connectivity index (χ3v) is 5.15. The highest BCUT2D eigenvalue weighted by Gasteiger charge is 2.23. The molecule has 0 bridgehead atoms. The molecule has 1 N–H and O–H groups in total. The van der Waals surface area contributed by atoms with Gasteiger partial charge in [0, 0.05) is 25.1 Å². The van der Waals surface area contributed by atoms with Crippen LogP contribution in [0, 0.1) is 0 Å². The molecule has 4 rings (SSSR count). The van der Waals surface area contributed by atoms with Crippen molar-refractivity contribution in [2.45, 2.75) is 38.3 Å². The Morgan fingerprint density at radius 2 is 1.81 bits per heavy atom. The van der Waals surface area contributed by atoms with Crippen LogP contribution in [-0.4, -0.2) is 13.2 Å². The molecular weight excluding hydrogens is 322 g/mol. The van der Waals surface area contributed by atoms with Crippen LogP contribution in [0.2, 0.25) is 0 Å². The second-order valence-electron chi connectivity index (χ2n) is 7.08. The molecule has 0 radical (unpaired) electrons. The van der Waals surface area contributed by atoms with Gasteiger partial charge in [0.05, 0.1) is 7.11 Å². The van der Waals surface area contributed by atoms with E-state index >= 15 is 0 Å². The largest absolute Gasteiger partial charge is 0.493 e. The van der Waals surface area contributed by atoms with Crippen molar-refractivity contribution < 1.29 is 9.47 Å². The topological polar surface area (TPSA) is 30.5 Å². The average Bonchev–Trinajstić information content (AvgIpc) is 3.25. The van der Waals surface area contributed by atoms with Crippen LogP contribution in [-0.2, 0) is 19.4 Å². The van der Waals surface area contributed by atoms with Gasteiger partial charge >= 0.3 is 0 Å². The smallest absolute Gasteiger partial charge is 0.161 e. The quantitative estimate of drug-likeness (QED) is 0.831. The van der Waals surface area contributed by atoms with Gasteiger partial charge in [0.25, 0.3) is 0 Å². The van der Waals surface area contributed by atoms with Crippen LogP contribution in [0.5, 0.6) is 11.5 Å². The first-order valence-electron chi connectivity index (χ1n) is 9.24. The zero-order valence-electron chi connectivity index (χ0n) is 15.3. The lowest BCUT2D eigenvalue weighted by Crippen LogP contribution is -2.17. The summed E-state index contributed by atoms with van der Waals surface area (Å²) in [6.45, 7) is 4.80. The summed E-state index contributed by atoms with van der Waals surface area (Å²) in [5.41, 5.74) is 6.44. The van der Waals surface area contributed by atoms with Crippen molar-refractivity contribution in [3.05, 3.63) is 83.1 Å². The lowest BCUT2D eigenvalue weighted by Gasteiger charge is -2.17. The van der Waals surface area contributed by atoms with E-state index in [1.807, 2.05) is 6.07 Å². The van der Waals surface area contributed by atoms with Crippen LogP contribution in [0.15, 0.2) is 66.4 Å². The Labute approximate surface area is 155 Å². The highest BCUT2D eigenvalue weighted by molar-refractivity contribution is 5.44. The minimum absolute atomic E-state index is 0.172. The summed E-state index contributed by atoms with van der Waals surface area (Å²) in [6, 6.07) is 14.8. The van der Waals surface area contributed by atoms with Gasteiger partial charge in [-0.1, -0.05) is 42.5 Å². The van der Waals surface area contributed by atoms with Gasteiger partial charge in [0.15, 0.2) is 11.5 Å². The first-order chi connectivity index (χ1) is 12.7. The minimum atomic E-state index is 0.172. The van der Waals surface area contributed by atoms with Crippen molar-refractivity contribution in [3.8, 4) is 11.5 Å². The van der Waals surface area contributed by atoms with Gasteiger partial charge in [0.1, 0.15) is 6.10 Å². The maximum atomic E-state index is 6.33. The van der Waals surface area contributed by atoms with Gasteiger partial charge in [-0.25, -0.2) is 0 Å². The van der Waals surface area contributed by atoms with Crippen LogP contribution >= 0.6 is 0 Å². The number of ether oxygens (including phenoxy) is 2. The van der Waals surface area contributed by atoms with E-state index in [0.717, 1.165) is 43.7 Å². The molecule has 0 saturated heterocycles. The first kappa shape index (κ1) is 16.8. The van der Waals surface area contributed by atoms with Crippen molar-refractivity contribution in [1.82, 2.24) is 5.32 Å². The predicted molar refractivity (Wildman–Crippen MR) is 105 cm³/mol. The van der Waals surface area contributed by atoms with E-state index in [4.69, 9.17) is 9.47 Å². The van der Waals surface area contributed by atoms with Crippen LogP contribution in [0.3, 0.4) is 0 Å². The number of allylic oxidation sites excluding steroid dienone is 3. The van der Waals surface area contributed by atoms with E-state index in [9.17, 15) is 0 Å². The molecule has 0 spiro atoms. The van der Waals surface area contributed by atoms with Crippen LogP contribution in [0.1, 0.15) is 29.5 Å². The molecule has 2 aliphatic carbocycles. The first-order valence-corrected chi connectivity index (χ1v) is 9.24. The lowest BCUT2D eigenvalue weighted by molar-refractivity contribution is 0.204. The van der Waals surface area contributed by atoms with Crippen molar-refractivity contribution in [1.29, 1.82) is 0 Å². The fourth-order valence-electron chi connectivity index (χ4n) is 3.75. The molecule has 0 saturated carbocycles. The Hall–Kier alpha value is -2.68. The molecular formula is C23H25NO2. The third kappa shape index (κ3) is 3.62. The number of hydrogen-bond donors (Lipinski definition) is 1. The third-order valence-electron chi connectivity index (χ3n) is 5.15. The van der Waals surface area contributed by atoms with E-state index in [1.54, 1.807) is 7.11 Å². The molecule has 0 unspecified atom stereocenters. The maximum Gasteiger partial charge on any atom is 0.161 e. The van der Waals surface area contributed by atoms with E-state index < -0.39 is 0 Å². The van der Waals surface area contributed by atoms with Gasteiger partial charge in [0.2, 0.25) is 0 Å². The van der Waals surface area contributed by atoms with E-state index in [-0.39, 0.29) is 6.10 Å². The number of nitrogens with one attached hydrogen (secondary N) is 1. The van der Waals surface area contributed by atoms with Gasteiger partial charge in [-0.3, -0.25) is 0 Å². The molecule has 0 heterocycles. The second kappa shape index (κ2) is 7.28. The summed E-state index contributed by atoms with van der Waals surface area (Å²) in [4.78, 5) is 0. The molecule has 134 valence electrons. The zero-order valence-corrected chi connectivity index (χ0v) is 15.3. The minimum Gasteiger partial charge on any atom is -0.493 e. The van der Waals surface area contributed by atoms with Gasteiger partial charge < -0.3 is 14.8 Å². The molecule has 2 aromatic rings. The van der Waals surface area contributed by atoms with Crippen molar-refractivity contribution >= 4 is 0 Å². The normalized spacial score (nSPS) is 16.3. The number of benzene rings is 2. The van der Waals surface area contributed by atoms with Crippen molar-refractivity contribution in [2.24, 2.45) is 0 Å². The van der Waals surface area contributed by atoms with Gasteiger partial charge in [-0.2, -0.15) is 0 Å². The average molecular weight is 347 g/mol. The SMILES string of the molecule is C=C1C=C(NCc2ccc(OC)c(OC3Cc4ccccc4C3)c2)CC1. The summed E-state index contributed by atoms with van der Waals surface area (Å²) < 4.78 is 11.8. The molecule has 0 atom stereocenters. The zero-order chi connectivity index (χ0) is 17.9. The van der Waals surface area contributed by atoms with Crippen LogP contribution < -0.4 is 14.8 Å². The highest BCUT2D eigenvalue weighted by Crippen LogP contribution is 2.32. The second-order valence-corrected chi connectivity index (χ2v) is 7.08. The highest BCUT2D eigenvalue weighted by atomic mass is 16.5. The lowest BCUT2D eigenvalue weighted by atomic mass is 10.1. The number of fused-ring (bicyclic) bond motifs is 1. The van der Waals surface area contributed by atoms with Crippen LogP contribution in [0.4, 0.5) is 0 Å². The van der Waals surface area contributed by atoms with Crippen LogP contribution in [0.25, 0.3) is 0 Å². The Bertz CT molecular complexity index is 828. The fraction of sp³-hybridized carbons (Fsp3) is 0.304. The number of rotatable bonds is 6. The van der Waals surface area contributed by atoms with Gasteiger partial charge in [-0.05, 0) is 47.7 Å². The van der Waals surface area contributed by atoms with Crippen molar-refractivity contribution in [2.75, 3.05) is 7.11 Å². The molecule has 0 amide bonds. The van der Waals surface area contributed by atoms with E-state index in [2.05, 4.69) is 54.4 Å². The van der Waals surface area contributed by atoms with E-state index in [0.29, 0.717) is 0 Å².